The number of carbonyl (C=O) groups is 1. The highest BCUT2D eigenvalue weighted by Crippen LogP contribution is 2.10. The Labute approximate surface area is 129 Å². The first-order valence-corrected chi connectivity index (χ1v) is 6.24. The summed E-state index contributed by atoms with van der Waals surface area (Å²) in [5.41, 5.74) is 4.78. The van der Waals surface area contributed by atoms with Gasteiger partial charge in [0.1, 0.15) is 0 Å². The van der Waals surface area contributed by atoms with Crippen molar-refractivity contribution < 1.29 is 21.9 Å². The molecule has 1 heterocycles. The summed E-state index contributed by atoms with van der Waals surface area (Å²) < 4.78 is 1.61. The van der Waals surface area contributed by atoms with Gasteiger partial charge in [-0.2, -0.15) is 0 Å². The van der Waals surface area contributed by atoms with Gasteiger partial charge >= 0.3 is 0 Å². The van der Waals surface area contributed by atoms with E-state index >= 15 is 0 Å². The van der Waals surface area contributed by atoms with Crippen molar-refractivity contribution in [2.75, 3.05) is 5.43 Å². The zero-order valence-corrected chi connectivity index (χ0v) is 12.4. The van der Waals surface area contributed by atoms with Crippen LogP contribution in [-0.2, 0) is 4.79 Å². The third kappa shape index (κ3) is 5.03. The molecule has 0 saturated heterocycles. The minimum absolute atomic E-state index is 0. The Balaban J connectivity index is 0.00000200. The minimum atomic E-state index is -0.191. The summed E-state index contributed by atoms with van der Waals surface area (Å²) in [7, 11) is 0. The lowest BCUT2D eigenvalue weighted by atomic mass is 10.2. The molecule has 0 unspecified atom stereocenters. The van der Waals surface area contributed by atoms with Crippen LogP contribution in [0.25, 0.3) is 6.08 Å². The Morgan fingerprint density at radius 3 is 2.35 bits per heavy atom. The largest absolute Gasteiger partial charge is 1.00 e. The van der Waals surface area contributed by atoms with Crippen LogP contribution in [0.2, 0.25) is 5.02 Å². The molecule has 0 fully saturated rings. The highest BCUT2D eigenvalue weighted by Gasteiger charge is 2.02. The summed E-state index contributed by atoms with van der Waals surface area (Å²) in [4.78, 5) is 11.7. The smallest absolute Gasteiger partial charge is 0.298 e. The van der Waals surface area contributed by atoms with Crippen molar-refractivity contribution in [1.29, 1.82) is 0 Å². The third-order valence-corrected chi connectivity index (χ3v) is 2.78. The van der Waals surface area contributed by atoms with Gasteiger partial charge in [0.2, 0.25) is 0 Å². The molecule has 1 amide bonds. The number of hydrogen-bond donors (Lipinski definition) is 1. The molecule has 2 rings (SSSR count). The molecular weight excluding hydrogens is 295 g/mol. The Kier molecular flexibility index (Phi) is 6.22. The number of hydrogen-bond acceptors (Lipinski definition) is 1. The summed E-state index contributed by atoms with van der Waals surface area (Å²) in [6.45, 7) is 1.99. The van der Waals surface area contributed by atoms with Crippen LogP contribution in [0.4, 0.5) is 0 Å². The molecule has 1 aromatic carbocycles. The van der Waals surface area contributed by atoms with Gasteiger partial charge < -0.3 is 12.4 Å². The van der Waals surface area contributed by atoms with Gasteiger partial charge in [-0.15, -0.1) is 5.43 Å². The van der Waals surface area contributed by atoms with Gasteiger partial charge in [-0.05, 0) is 36.3 Å². The SMILES string of the molecule is Cc1cc[n+](NC(=O)C=Cc2ccc(Cl)cc2)cc1.[Cl-]. The van der Waals surface area contributed by atoms with Crippen molar-refractivity contribution in [3.8, 4) is 0 Å². The zero-order valence-electron chi connectivity index (χ0n) is 10.9. The van der Waals surface area contributed by atoms with Crippen molar-refractivity contribution >= 4 is 23.6 Å². The number of amides is 1. The fourth-order valence-electron chi connectivity index (χ4n) is 1.49. The zero-order chi connectivity index (χ0) is 13.7. The van der Waals surface area contributed by atoms with Crippen LogP contribution < -0.4 is 22.5 Å². The molecule has 20 heavy (non-hydrogen) atoms. The standard InChI is InChI=1S/C15H13ClN2O.ClH/c1-12-8-10-18(11-9-12)17-15(19)7-4-13-2-5-14(16)6-3-13;/h2-11H,1H3;1H. The summed E-state index contributed by atoms with van der Waals surface area (Å²) in [5.74, 6) is -0.191. The van der Waals surface area contributed by atoms with E-state index in [0.29, 0.717) is 5.02 Å². The van der Waals surface area contributed by atoms with Gasteiger partial charge in [-0.25, -0.2) is 0 Å². The van der Waals surface area contributed by atoms with Gasteiger partial charge in [0, 0.05) is 23.2 Å². The van der Waals surface area contributed by atoms with Crippen molar-refractivity contribution in [1.82, 2.24) is 0 Å². The molecule has 0 aliphatic carbocycles. The number of pyridine rings is 1. The Morgan fingerprint density at radius 2 is 1.75 bits per heavy atom. The fraction of sp³-hybridized carbons (Fsp3) is 0.0667. The average Bonchev–Trinajstić information content (AvgIpc) is 2.41. The molecule has 0 saturated carbocycles. The summed E-state index contributed by atoms with van der Waals surface area (Å²) in [6.07, 6.45) is 6.81. The lowest BCUT2D eigenvalue weighted by molar-refractivity contribution is -0.642. The van der Waals surface area contributed by atoms with E-state index in [4.69, 9.17) is 11.6 Å². The molecule has 0 radical (unpaired) electrons. The van der Waals surface area contributed by atoms with Gasteiger partial charge in [0.05, 0.1) is 0 Å². The number of halogens is 2. The van der Waals surface area contributed by atoms with Crippen LogP contribution in [0.1, 0.15) is 11.1 Å². The highest BCUT2D eigenvalue weighted by atomic mass is 35.5. The van der Waals surface area contributed by atoms with Crippen LogP contribution in [0.15, 0.2) is 54.9 Å². The molecule has 0 aliphatic heterocycles. The molecule has 0 bridgehead atoms. The second kappa shape index (κ2) is 7.68. The number of rotatable bonds is 3. The number of aryl methyl sites for hydroxylation is 1. The molecule has 2 aromatic rings. The number of aromatic nitrogens is 1. The van der Waals surface area contributed by atoms with Crippen molar-refractivity contribution in [2.45, 2.75) is 6.92 Å². The first kappa shape index (κ1) is 16.2. The second-order valence-corrected chi connectivity index (χ2v) is 4.58. The second-order valence-electron chi connectivity index (χ2n) is 4.14. The normalized spacial score (nSPS) is 10.1. The minimum Gasteiger partial charge on any atom is -1.00 e. The Morgan fingerprint density at radius 1 is 1.15 bits per heavy atom. The average molecular weight is 309 g/mol. The Hall–Kier alpha value is -1.84. The van der Waals surface area contributed by atoms with Crippen LogP contribution in [0.5, 0.6) is 0 Å². The lowest BCUT2D eigenvalue weighted by Gasteiger charge is -1.96. The Bertz CT molecular complexity index is 592. The number of carbonyl (C=O) groups excluding carboxylic acids is 1. The van der Waals surface area contributed by atoms with Crippen LogP contribution in [0.3, 0.4) is 0 Å². The van der Waals surface area contributed by atoms with E-state index in [0.717, 1.165) is 11.1 Å². The maximum atomic E-state index is 11.7. The molecular formula is C15H14Cl2N2O. The van der Waals surface area contributed by atoms with Crippen LogP contribution in [-0.4, -0.2) is 5.91 Å². The first-order valence-electron chi connectivity index (χ1n) is 5.86. The maximum absolute atomic E-state index is 11.7. The van der Waals surface area contributed by atoms with Crippen molar-refractivity contribution in [2.24, 2.45) is 0 Å². The molecule has 1 N–H and O–H groups in total. The van der Waals surface area contributed by atoms with E-state index < -0.39 is 0 Å². The maximum Gasteiger partial charge on any atom is 0.298 e. The number of nitrogens with one attached hydrogen (secondary N) is 1. The quantitative estimate of drug-likeness (QED) is 0.614. The summed E-state index contributed by atoms with van der Waals surface area (Å²) in [5, 5.41) is 0.678. The molecule has 5 heteroatoms. The first-order chi connectivity index (χ1) is 9.13. The lowest BCUT2D eigenvalue weighted by Crippen LogP contribution is -3.00. The predicted octanol–water partition coefficient (Wildman–Crippen LogP) is -0.277. The van der Waals surface area contributed by atoms with E-state index in [1.54, 1.807) is 35.3 Å². The summed E-state index contributed by atoms with van der Waals surface area (Å²) in [6, 6.07) is 11.1. The molecule has 3 nitrogen and oxygen atoms in total. The topological polar surface area (TPSA) is 33.0 Å². The van der Waals surface area contributed by atoms with Gasteiger partial charge in [0.15, 0.2) is 12.4 Å². The van der Waals surface area contributed by atoms with Crippen LogP contribution in [0, 0.1) is 6.92 Å². The van der Waals surface area contributed by atoms with Crippen molar-refractivity contribution in [3.05, 3.63) is 71.0 Å². The molecule has 104 valence electrons. The number of nitrogens with zero attached hydrogens (tertiary/aromatic N) is 1. The fourth-order valence-corrected chi connectivity index (χ4v) is 1.61. The molecule has 0 spiro atoms. The van der Waals surface area contributed by atoms with E-state index in [1.807, 2.05) is 31.2 Å². The van der Waals surface area contributed by atoms with E-state index in [1.165, 1.54) is 6.08 Å². The van der Waals surface area contributed by atoms with Gasteiger partial charge in [-0.1, -0.05) is 28.4 Å². The van der Waals surface area contributed by atoms with Crippen molar-refractivity contribution in [3.63, 3.8) is 0 Å². The molecule has 0 atom stereocenters. The van der Waals surface area contributed by atoms with E-state index in [2.05, 4.69) is 5.43 Å². The summed E-state index contributed by atoms with van der Waals surface area (Å²) >= 11 is 5.79. The third-order valence-electron chi connectivity index (χ3n) is 2.53. The van der Waals surface area contributed by atoms with E-state index in [9.17, 15) is 4.79 Å². The molecule has 0 aliphatic rings. The van der Waals surface area contributed by atoms with Gasteiger partial charge in [-0.3, -0.25) is 4.79 Å². The highest BCUT2D eigenvalue weighted by molar-refractivity contribution is 6.30. The predicted molar refractivity (Wildman–Crippen MR) is 76.2 cm³/mol. The number of benzene rings is 1. The molecule has 1 aromatic heterocycles. The van der Waals surface area contributed by atoms with Crippen LogP contribution >= 0.6 is 11.6 Å². The van der Waals surface area contributed by atoms with Gasteiger partial charge in [0.25, 0.3) is 5.91 Å². The van der Waals surface area contributed by atoms with E-state index in [-0.39, 0.29) is 18.3 Å². The monoisotopic (exact) mass is 308 g/mol.